The summed E-state index contributed by atoms with van der Waals surface area (Å²) in [6.45, 7) is 3.63. The highest BCUT2D eigenvalue weighted by molar-refractivity contribution is 6.09. The van der Waals surface area contributed by atoms with Crippen molar-refractivity contribution in [3.8, 4) is 5.75 Å². The van der Waals surface area contributed by atoms with Crippen molar-refractivity contribution in [3.05, 3.63) is 29.5 Å². The number of phenols is 1. The first kappa shape index (κ1) is 20.2. The molecule has 4 nitrogen and oxygen atoms in total. The number of carbonyl (C=O) groups is 2. The largest absolute Gasteiger partial charge is 0.507 e. The molecule has 0 aliphatic rings. The van der Waals surface area contributed by atoms with Gasteiger partial charge in [-0.15, -0.1) is 0 Å². The molecule has 2 rings (SSSR count). The Morgan fingerprint density at radius 2 is 1.58 bits per heavy atom. The van der Waals surface area contributed by atoms with E-state index in [9.17, 15) is 14.7 Å². The topological polar surface area (TPSA) is 67.5 Å². The lowest BCUT2D eigenvalue weighted by atomic mass is 10.0. The van der Waals surface area contributed by atoms with E-state index in [4.69, 9.17) is 4.42 Å². The van der Waals surface area contributed by atoms with Crippen LogP contribution >= 0.6 is 0 Å². The van der Waals surface area contributed by atoms with Crippen LogP contribution in [0.15, 0.2) is 22.6 Å². The quantitative estimate of drug-likeness (QED) is 0.350. The summed E-state index contributed by atoms with van der Waals surface area (Å²) in [4.78, 5) is 24.0. The number of benzene rings is 1. The summed E-state index contributed by atoms with van der Waals surface area (Å²) >= 11 is 0. The molecule has 4 heteroatoms. The number of Topliss-reactive ketones (excluding diaryl/α,β-unsaturated/α-hetero) is 2. The smallest absolute Gasteiger partial charge is 0.194 e. The van der Waals surface area contributed by atoms with Gasteiger partial charge < -0.3 is 9.52 Å². The Bertz CT molecular complexity index is 742. The van der Waals surface area contributed by atoms with Crippen LogP contribution < -0.4 is 0 Å². The summed E-state index contributed by atoms with van der Waals surface area (Å²) < 4.78 is 5.52. The maximum atomic E-state index is 12.5. The number of carbonyl (C=O) groups excluding carboxylic acids is 2. The monoisotopic (exact) mass is 358 g/mol. The molecule has 0 saturated heterocycles. The molecule has 0 radical (unpaired) electrons. The van der Waals surface area contributed by atoms with Crippen LogP contribution in [0.2, 0.25) is 0 Å². The number of fused-ring (bicyclic) bond motifs is 1. The summed E-state index contributed by atoms with van der Waals surface area (Å²) in [5.74, 6) is -0.0326. The average Bonchev–Trinajstić information content (AvgIpc) is 3.07. The molecule has 26 heavy (non-hydrogen) atoms. The lowest BCUT2D eigenvalue weighted by Gasteiger charge is -2.04. The van der Waals surface area contributed by atoms with Crippen LogP contribution in [0.1, 0.15) is 99.0 Å². The molecule has 0 aliphatic heterocycles. The molecule has 0 bridgehead atoms. The SMILES string of the molecule is CCCCCCCCCCCC(=O)c1ccc(O)c2cc(C(C)=O)oc12. The third kappa shape index (κ3) is 5.45. The molecule has 0 atom stereocenters. The minimum atomic E-state index is -0.224. The lowest BCUT2D eigenvalue weighted by Crippen LogP contribution is -1.99. The molecule has 142 valence electrons. The summed E-state index contributed by atoms with van der Waals surface area (Å²) in [5.41, 5.74) is 0.765. The van der Waals surface area contributed by atoms with E-state index in [-0.39, 0.29) is 23.1 Å². The second-order valence-corrected chi connectivity index (χ2v) is 7.04. The minimum Gasteiger partial charge on any atom is -0.507 e. The summed E-state index contributed by atoms with van der Waals surface area (Å²) in [6, 6.07) is 4.58. The van der Waals surface area contributed by atoms with Gasteiger partial charge in [0.1, 0.15) is 11.3 Å². The number of furan rings is 1. The van der Waals surface area contributed by atoms with Crippen LogP contribution in [-0.2, 0) is 0 Å². The Morgan fingerprint density at radius 3 is 2.19 bits per heavy atom. The Labute approximate surface area is 155 Å². The van der Waals surface area contributed by atoms with E-state index in [0.29, 0.717) is 23.0 Å². The predicted molar refractivity (Wildman–Crippen MR) is 104 cm³/mol. The minimum absolute atomic E-state index is 0.00222. The van der Waals surface area contributed by atoms with Gasteiger partial charge in [0.15, 0.2) is 17.3 Å². The molecule has 0 unspecified atom stereocenters. The molecular weight excluding hydrogens is 328 g/mol. The fourth-order valence-corrected chi connectivity index (χ4v) is 3.23. The maximum absolute atomic E-state index is 12.5. The molecular formula is C22H30O4. The zero-order chi connectivity index (χ0) is 18.9. The first-order valence-corrected chi connectivity index (χ1v) is 9.84. The van der Waals surface area contributed by atoms with Crippen LogP contribution in [0.25, 0.3) is 11.0 Å². The van der Waals surface area contributed by atoms with Crippen molar-refractivity contribution in [1.82, 2.24) is 0 Å². The van der Waals surface area contributed by atoms with Crippen molar-refractivity contribution < 1.29 is 19.1 Å². The second kappa shape index (κ2) is 10.1. The molecule has 2 aromatic rings. The highest BCUT2D eigenvalue weighted by atomic mass is 16.3. The maximum Gasteiger partial charge on any atom is 0.194 e. The van der Waals surface area contributed by atoms with E-state index < -0.39 is 0 Å². The summed E-state index contributed by atoms with van der Waals surface area (Å²) in [5, 5.41) is 10.4. The number of unbranched alkanes of at least 4 members (excludes halogenated alkanes) is 8. The molecule has 0 fully saturated rings. The molecule has 0 aliphatic carbocycles. The van der Waals surface area contributed by atoms with Crippen LogP contribution in [0.5, 0.6) is 5.75 Å². The number of hydrogen-bond acceptors (Lipinski definition) is 4. The lowest BCUT2D eigenvalue weighted by molar-refractivity contribution is 0.0969. The number of hydrogen-bond donors (Lipinski definition) is 1. The third-order valence-corrected chi connectivity index (χ3v) is 4.82. The molecule has 1 aromatic carbocycles. The van der Waals surface area contributed by atoms with Gasteiger partial charge in [-0.1, -0.05) is 58.3 Å². The van der Waals surface area contributed by atoms with Gasteiger partial charge >= 0.3 is 0 Å². The second-order valence-electron chi connectivity index (χ2n) is 7.04. The van der Waals surface area contributed by atoms with Gasteiger partial charge in [0.25, 0.3) is 0 Å². The summed E-state index contributed by atoms with van der Waals surface area (Å²) in [7, 11) is 0. The van der Waals surface area contributed by atoms with Gasteiger partial charge in [-0.05, 0) is 24.6 Å². The van der Waals surface area contributed by atoms with E-state index >= 15 is 0 Å². The van der Waals surface area contributed by atoms with E-state index in [2.05, 4.69) is 6.92 Å². The highest BCUT2D eigenvalue weighted by Gasteiger charge is 2.18. The van der Waals surface area contributed by atoms with Crippen molar-refractivity contribution in [2.24, 2.45) is 0 Å². The number of phenolic OH excluding ortho intramolecular Hbond substituents is 1. The molecule has 0 spiro atoms. The van der Waals surface area contributed by atoms with Gasteiger partial charge in [-0.3, -0.25) is 9.59 Å². The van der Waals surface area contributed by atoms with Crippen LogP contribution in [0.4, 0.5) is 0 Å². The number of ketones is 2. The van der Waals surface area contributed by atoms with E-state index in [0.717, 1.165) is 12.8 Å². The van der Waals surface area contributed by atoms with Crippen LogP contribution in [0.3, 0.4) is 0 Å². The van der Waals surface area contributed by atoms with Crippen molar-refractivity contribution in [2.45, 2.75) is 78.1 Å². The predicted octanol–water partition coefficient (Wildman–Crippen LogP) is 6.44. The molecule has 0 saturated carbocycles. The fourth-order valence-electron chi connectivity index (χ4n) is 3.23. The van der Waals surface area contributed by atoms with E-state index in [1.807, 2.05) is 0 Å². The van der Waals surface area contributed by atoms with Gasteiger partial charge in [-0.25, -0.2) is 0 Å². The van der Waals surface area contributed by atoms with Gasteiger partial charge in [-0.2, -0.15) is 0 Å². The Balaban J connectivity index is 1.84. The average molecular weight is 358 g/mol. The van der Waals surface area contributed by atoms with E-state index in [1.54, 1.807) is 6.07 Å². The van der Waals surface area contributed by atoms with Gasteiger partial charge in [0, 0.05) is 13.3 Å². The van der Waals surface area contributed by atoms with Gasteiger partial charge in [0.2, 0.25) is 0 Å². The summed E-state index contributed by atoms with van der Waals surface area (Å²) in [6.07, 6.45) is 11.3. The molecule has 1 heterocycles. The number of aromatic hydroxyl groups is 1. The first-order valence-electron chi connectivity index (χ1n) is 9.84. The molecule has 1 aromatic heterocycles. The van der Waals surface area contributed by atoms with Crippen molar-refractivity contribution in [1.29, 1.82) is 0 Å². The van der Waals surface area contributed by atoms with Crippen LogP contribution in [0, 0.1) is 0 Å². The zero-order valence-corrected chi connectivity index (χ0v) is 16.0. The van der Waals surface area contributed by atoms with Gasteiger partial charge in [0.05, 0.1) is 10.9 Å². The van der Waals surface area contributed by atoms with Crippen molar-refractivity contribution in [3.63, 3.8) is 0 Å². The standard InChI is InChI=1S/C22H30O4/c1-3-4-5-6-7-8-9-10-11-12-19(24)17-13-14-20(25)18-15-21(16(2)23)26-22(17)18/h13-15,25H,3-12H2,1-2H3. The Hall–Kier alpha value is -2.10. The first-order chi connectivity index (χ1) is 12.5. The van der Waals surface area contributed by atoms with Crippen molar-refractivity contribution in [2.75, 3.05) is 0 Å². The Morgan fingerprint density at radius 1 is 0.962 bits per heavy atom. The number of rotatable bonds is 12. The molecule has 1 N–H and O–H groups in total. The van der Waals surface area contributed by atoms with Crippen LogP contribution in [-0.4, -0.2) is 16.7 Å². The Kier molecular flexibility index (Phi) is 7.89. The van der Waals surface area contributed by atoms with E-state index in [1.165, 1.54) is 64.0 Å². The fraction of sp³-hybridized carbons (Fsp3) is 0.545. The van der Waals surface area contributed by atoms with Crippen molar-refractivity contribution >= 4 is 22.5 Å². The normalized spacial score (nSPS) is 11.2. The highest BCUT2D eigenvalue weighted by Crippen LogP contribution is 2.32. The zero-order valence-electron chi connectivity index (χ0n) is 16.0. The third-order valence-electron chi connectivity index (χ3n) is 4.82. The molecule has 0 amide bonds.